The number of aromatic hydroxyl groups is 1. The van der Waals surface area contributed by atoms with Gasteiger partial charge >= 0.3 is 5.97 Å². The van der Waals surface area contributed by atoms with Crippen molar-refractivity contribution in [3.63, 3.8) is 0 Å². The van der Waals surface area contributed by atoms with Crippen LogP contribution in [-0.2, 0) is 20.7 Å². The molecule has 1 aromatic rings. The summed E-state index contributed by atoms with van der Waals surface area (Å²) in [5.74, 6) is -0.424. The summed E-state index contributed by atoms with van der Waals surface area (Å²) in [7, 11) is 1.31. The molecule has 0 aliphatic carbocycles. The van der Waals surface area contributed by atoms with Gasteiger partial charge in [0.05, 0.1) is 7.11 Å². The number of ether oxygens (including phenoxy) is 1. The van der Waals surface area contributed by atoms with E-state index < -0.39 is 12.0 Å². The van der Waals surface area contributed by atoms with Crippen LogP contribution in [0.4, 0.5) is 0 Å². The zero-order valence-electron chi connectivity index (χ0n) is 14.0. The van der Waals surface area contributed by atoms with Crippen molar-refractivity contribution in [3.8, 4) is 5.75 Å². The summed E-state index contributed by atoms with van der Waals surface area (Å²) < 4.78 is 4.76. The first-order valence-corrected chi connectivity index (χ1v) is 8.22. The Morgan fingerprint density at radius 2 is 1.78 bits per heavy atom. The SMILES string of the molecule is CCCCCCCC(=O)N[C@@H](Cc1ccc(O)cc1)C(=O)OC. The molecule has 1 atom stereocenters. The van der Waals surface area contributed by atoms with E-state index in [0.29, 0.717) is 12.8 Å². The number of methoxy groups -OCH3 is 1. The summed E-state index contributed by atoms with van der Waals surface area (Å²) in [5.41, 5.74) is 0.849. The van der Waals surface area contributed by atoms with Gasteiger partial charge in [0.2, 0.25) is 5.91 Å². The Kier molecular flexibility index (Phi) is 8.80. The van der Waals surface area contributed by atoms with Gasteiger partial charge in [-0.15, -0.1) is 0 Å². The maximum absolute atomic E-state index is 12.0. The molecule has 1 aromatic carbocycles. The standard InChI is InChI=1S/C18H27NO4/c1-3-4-5-6-7-8-17(21)19-16(18(22)23-2)13-14-9-11-15(20)12-10-14/h9-12,16,20H,3-8,13H2,1-2H3,(H,19,21)/t16-/m0/s1. The average molecular weight is 321 g/mol. The molecule has 0 saturated carbocycles. The lowest BCUT2D eigenvalue weighted by Crippen LogP contribution is -2.43. The molecule has 0 unspecified atom stereocenters. The minimum Gasteiger partial charge on any atom is -0.508 e. The summed E-state index contributed by atoms with van der Waals surface area (Å²) in [6.07, 6.45) is 6.12. The van der Waals surface area contributed by atoms with Gasteiger partial charge in [-0.2, -0.15) is 0 Å². The molecule has 0 saturated heterocycles. The van der Waals surface area contributed by atoms with E-state index in [1.165, 1.54) is 20.0 Å². The molecule has 0 aromatic heterocycles. The van der Waals surface area contributed by atoms with Crippen LogP contribution in [0.5, 0.6) is 5.75 Å². The van der Waals surface area contributed by atoms with Gasteiger partial charge in [-0.3, -0.25) is 4.79 Å². The first kappa shape index (κ1) is 19.0. The van der Waals surface area contributed by atoms with Gasteiger partial charge < -0.3 is 15.2 Å². The smallest absolute Gasteiger partial charge is 0.328 e. The monoisotopic (exact) mass is 321 g/mol. The molecule has 1 amide bonds. The van der Waals surface area contributed by atoms with Crippen LogP contribution in [-0.4, -0.2) is 30.1 Å². The molecular weight excluding hydrogens is 294 g/mol. The van der Waals surface area contributed by atoms with Crippen molar-refractivity contribution >= 4 is 11.9 Å². The zero-order chi connectivity index (χ0) is 17.1. The van der Waals surface area contributed by atoms with E-state index in [9.17, 15) is 14.7 Å². The summed E-state index contributed by atoms with van der Waals surface area (Å²) in [4.78, 5) is 23.8. The molecule has 23 heavy (non-hydrogen) atoms. The number of benzene rings is 1. The lowest BCUT2D eigenvalue weighted by Gasteiger charge is -2.16. The Labute approximate surface area is 138 Å². The van der Waals surface area contributed by atoms with Crippen LogP contribution in [0.15, 0.2) is 24.3 Å². The fourth-order valence-corrected chi connectivity index (χ4v) is 2.36. The van der Waals surface area contributed by atoms with Crippen molar-refractivity contribution in [1.82, 2.24) is 5.32 Å². The molecule has 0 radical (unpaired) electrons. The van der Waals surface area contributed by atoms with Crippen molar-refractivity contribution in [3.05, 3.63) is 29.8 Å². The van der Waals surface area contributed by atoms with Gasteiger partial charge in [-0.25, -0.2) is 4.79 Å². The molecule has 0 fully saturated rings. The van der Waals surface area contributed by atoms with Crippen LogP contribution < -0.4 is 5.32 Å². The zero-order valence-corrected chi connectivity index (χ0v) is 14.0. The van der Waals surface area contributed by atoms with Crippen LogP contribution in [0, 0.1) is 0 Å². The number of carbonyl (C=O) groups excluding carboxylic acids is 2. The maximum atomic E-state index is 12.0. The first-order valence-electron chi connectivity index (χ1n) is 8.22. The molecule has 2 N–H and O–H groups in total. The van der Waals surface area contributed by atoms with Gasteiger partial charge in [0.15, 0.2) is 0 Å². The minimum absolute atomic E-state index is 0.129. The molecule has 0 spiro atoms. The van der Waals surface area contributed by atoms with E-state index in [1.807, 2.05) is 0 Å². The molecule has 0 aliphatic rings. The molecular formula is C18H27NO4. The molecule has 0 heterocycles. The number of hydrogen-bond acceptors (Lipinski definition) is 4. The van der Waals surface area contributed by atoms with Gasteiger partial charge in [0, 0.05) is 12.8 Å². The maximum Gasteiger partial charge on any atom is 0.328 e. The van der Waals surface area contributed by atoms with Crippen molar-refractivity contribution in [2.45, 2.75) is 57.9 Å². The van der Waals surface area contributed by atoms with Crippen molar-refractivity contribution < 1.29 is 19.4 Å². The Morgan fingerprint density at radius 3 is 2.39 bits per heavy atom. The number of rotatable bonds is 10. The number of phenols is 1. The van der Waals surface area contributed by atoms with Gasteiger partial charge in [-0.1, -0.05) is 44.7 Å². The third-order valence-corrected chi connectivity index (χ3v) is 3.70. The van der Waals surface area contributed by atoms with E-state index in [-0.39, 0.29) is 11.7 Å². The molecule has 128 valence electrons. The first-order chi connectivity index (χ1) is 11.1. The minimum atomic E-state index is -0.701. The predicted molar refractivity (Wildman–Crippen MR) is 89.1 cm³/mol. The highest BCUT2D eigenvalue weighted by molar-refractivity contribution is 5.84. The Bertz CT molecular complexity index is 484. The molecule has 1 rings (SSSR count). The number of esters is 1. The number of unbranched alkanes of at least 4 members (excludes halogenated alkanes) is 4. The topological polar surface area (TPSA) is 75.6 Å². The summed E-state index contributed by atoms with van der Waals surface area (Å²) >= 11 is 0. The van der Waals surface area contributed by atoms with Crippen molar-refractivity contribution in [2.24, 2.45) is 0 Å². The number of carbonyl (C=O) groups is 2. The Hall–Kier alpha value is -2.04. The number of nitrogens with one attached hydrogen (secondary N) is 1. The van der Waals surface area contributed by atoms with E-state index in [1.54, 1.807) is 24.3 Å². The van der Waals surface area contributed by atoms with Crippen LogP contribution >= 0.6 is 0 Å². The number of hydrogen-bond donors (Lipinski definition) is 2. The second-order valence-corrected chi connectivity index (χ2v) is 5.68. The molecule has 0 aliphatic heterocycles. The van der Waals surface area contributed by atoms with Crippen LogP contribution in [0.2, 0.25) is 0 Å². The number of phenolic OH excluding ortho intramolecular Hbond substituents is 1. The molecule has 5 heteroatoms. The van der Waals surface area contributed by atoms with Crippen LogP contribution in [0.1, 0.15) is 51.0 Å². The van der Waals surface area contributed by atoms with Crippen LogP contribution in [0.25, 0.3) is 0 Å². The van der Waals surface area contributed by atoms with E-state index in [2.05, 4.69) is 12.2 Å². The third kappa shape index (κ3) is 7.68. The van der Waals surface area contributed by atoms with Gasteiger partial charge in [0.25, 0.3) is 0 Å². The lowest BCUT2D eigenvalue weighted by molar-refractivity contribution is -0.145. The van der Waals surface area contributed by atoms with Gasteiger partial charge in [-0.05, 0) is 24.1 Å². The van der Waals surface area contributed by atoms with E-state index in [0.717, 1.165) is 24.8 Å². The van der Waals surface area contributed by atoms with E-state index in [4.69, 9.17) is 4.74 Å². The average Bonchev–Trinajstić information content (AvgIpc) is 2.55. The number of amides is 1. The fraction of sp³-hybridized carbons (Fsp3) is 0.556. The van der Waals surface area contributed by atoms with Crippen molar-refractivity contribution in [1.29, 1.82) is 0 Å². The Morgan fingerprint density at radius 1 is 1.13 bits per heavy atom. The fourth-order valence-electron chi connectivity index (χ4n) is 2.36. The third-order valence-electron chi connectivity index (χ3n) is 3.70. The lowest BCUT2D eigenvalue weighted by atomic mass is 10.1. The summed E-state index contributed by atoms with van der Waals surface area (Å²) in [6, 6.07) is 5.86. The second-order valence-electron chi connectivity index (χ2n) is 5.68. The highest BCUT2D eigenvalue weighted by Gasteiger charge is 2.21. The highest BCUT2D eigenvalue weighted by Crippen LogP contribution is 2.12. The summed E-state index contributed by atoms with van der Waals surface area (Å²) in [5, 5.41) is 12.0. The molecule has 0 bridgehead atoms. The van der Waals surface area contributed by atoms with Crippen LogP contribution in [0.3, 0.4) is 0 Å². The Balaban J connectivity index is 2.49. The summed E-state index contributed by atoms with van der Waals surface area (Å²) in [6.45, 7) is 2.15. The van der Waals surface area contributed by atoms with E-state index >= 15 is 0 Å². The van der Waals surface area contributed by atoms with Gasteiger partial charge in [0.1, 0.15) is 11.8 Å². The predicted octanol–water partition coefficient (Wildman–Crippen LogP) is 2.95. The largest absolute Gasteiger partial charge is 0.508 e. The quantitative estimate of drug-likeness (QED) is 0.513. The molecule has 5 nitrogen and oxygen atoms in total. The second kappa shape index (κ2) is 10.6. The normalized spacial score (nSPS) is 11.7. The van der Waals surface area contributed by atoms with Crippen molar-refractivity contribution in [2.75, 3.05) is 7.11 Å². The highest BCUT2D eigenvalue weighted by atomic mass is 16.5.